The first-order chi connectivity index (χ1) is 9.26. The lowest BCUT2D eigenvalue weighted by Gasteiger charge is -2.37. The Balaban J connectivity index is 1.74. The predicted molar refractivity (Wildman–Crippen MR) is 75.0 cm³/mol. The highest BCUT2D eigenvalue weighted by molar-refractivity contribution is 8.00. The molecule has 3 heterocycles. The van der Waals surface area contributed by atoms with E-state index in [0.29, 0.717) is 21.8 Å². The lowest BCUT2D eigenvalue weighted by Crippen LogP contribution is -2.33. The van der Waals surface area contributed by atoms with Crippen molar-refractivity contribution < 1.29 is 4.79 Å². The van der Waals surface area contributed by atoms with Crippen LogP contribution in [0.4, 0.5) is 0 Å². The van der Waals surface area contributed by atoms with E-state index in [1.165, 1.54) is 25.5 Å². The molecule has 2 aliphatic heterocycles. The SMILES string of the molecule is N#Cc1ccc(C(=O)C2CC3CCCC(C2)S3)nc1. The van der Waals surface area contributed by atoms with Gasteiger partial charge in [-0.1, -0.05) is 6.42 Å². The summed E-state index contributed by atoms with van der Waals surface area (Å²) in [7, 11) is 0. The van der Waals surface area contributed by atoms with Gasteiger partial charge in [-0.15, -0.1) is 0 Å². The number of hydrogen-bond acceptors (Lipinski definition) is 4. The summed E-state index contributed by atoms with van der Waals surface area (Å²) in [6.07, 6.45) is 7.32. The molecule has 2 aliphatic rings. The molecule has 1 aromatic heterocycles. The van der Waals surface area contributed by atoms with Crippen molar-refractivity contribution >= 4 is 17.5 Å². The molecule has 0 amide bonds. The van der Waals surface area contributed by atoms with Gasteiger partial charge in [-0.3, -0.25) is 9.78 Å². The van der Waals surface area contributed by atoms with E-state index in [9.17, 15) is 4.79 Å². The highest BCUT2D eigenvalue weighted by Gasteiger charge is 2.36. The summed E-state index contributed by atoms with van der Waals surface area (Å²) in [5, 5.41) is 10.1. The fourth-order valence-corrected chi connectivity index (χ4v) is 4.92. The summed E-state index contributed by atoms with van der Waals surface area (Å²) >= 11 is 2.08. The largest absolute Gasteiger partial charge is 0.292 e. The number of rotatable bonds is 2. The molecule has 2 bridgehead atoms. The van der Waals surface area contributed by atoms with Gasteiger partial charge in [-0.2, -0.15) is 17.0 Å². The van der Waals surface area contributed by atoms with E-state index < -0.39 is 0 Å². The van der Waals surface area contributed by atoms with E-state index in [2.05, 4.69) is 16.7 Å². The Morgan fingerprint density at radius 2 is 2.05 bits per heavy atom. The van der Waals surface area contributed by atoms with Gasteiger partial charge in [0.25, 0.3) is 0 Å². The maximum absolute atomic E-state index is 12.5. The molecule has 0 aliphatic carbocycles. The number of pyridine rings is 1. The zero-order valence-electron chi connectivity index (χ0n) is 10.7. The van der Waals surface area contributed by atoms with Crippen molar-refractivity contribution in [3.63, 3.8) is 0 Å². The van der Waals surface area contributed by atoms with Crippen LogP contribution >= 0.6 is 11.8 Å². The van der Waals surface area contributed by atoms with Crippen molar-refractivity contribution in [1.82, 2.24) is 4.98 Å². The summed E-state index contributed by atoms with van der Waals surface area (Å²) in [5.41, 5.74) is 1.03. The molecule has 0 spiro atoms. The number of carbonyl (C=O) groups excluding carboxylic acids is 1. The van der Waals surface area contributed by atoms with Crippen LogP contribution in [0.5, 0.6) is 0 Å². The predicted octanol–water partition coefficient (Wildman–Crippen LogP) is 3.20. The van der Waals surface area contributed by atoms with Crippen molar-refractivity contribution in [2.75, 3.05) is 0 Å². The van der Waals surface area contributed by atoms with Gasteiger partial charge in [0.2, 0.25) is 0 Å². The standard InChI is InChI=1S/C15H16N2OS/c16-8-10-4-5-14(17-9-10)15(18)11-6-12-2-1-3-13(7-11)19-12/h4-5,9,11-13H,1-3,6-7H2. The Morgan fingerprint density at radius 3 is 2.63 bits per heavy atom. The number of carbonyl (C=O) groups is 1. The highest BCUT2D eigenvalue weighted by Crippen LogP contribution is 2.44. The van der Waals surface area contributed by atoms with E-state index in [1.54, 1.807) is 12.1 Å². The summed E-state index contributed by atoms with van der Waals surface area (Å²) in [4.78, 5) is 16.6. The van der Waals surface area contributed by atoms with Crippen LogP contribution in [0.3, 0.4) is 0 Å². The smallest absolute Gasteiger partial charge is 0.184 e. The van der Waals surface area contributed by atoms with Gasteiger partial charge in [-0.05, 0) is 37.8 Å². The van der Waals surface area contributed by atoms with Gasteiger partial charge >= 0.3 is 0 Å². The topological polar surface area (TPSA) is 53.8 Å². The Hall–Kier alpha value is -1.34. The van der Waals surface area contributed by atoms with Crippen molar-refractivity contribution in [1.29, 1.82) is 5.26 Å². The van der Waals surface area contributed by atoms with Gasteiger partial charge in [0.15, 0.2) is 5.78 Å². The minimum absolute atomic E-state index is 0.136. The molecule has 2 fully saturated rings. The van der Waals surface area contributed by atoms with Crippen LogP contribution in [0.25, 0.3) is 0 Å². The molecule has 4 heteroatoms. The first-order valence-corrected chi connectivity index (χ1v) is 7.76. The number of Topliss-reactive ketones (excluding diaryl/α,β-unsaturated/α-hetero) is 1. The van der Waals surface area contributed by atoms with Crippen molar-refractivity contribution in [3.8, 4) is 6.07 Å². The Bertz CT molecular complexity index is 508. The zero-order chi connectivity index (χ0) is 13.2. The summed E-state index contributed by atoms with van der Waals surface area (Å²) in [6.45, 7) is 0. The molecule has 2 atom stereocenters. The zero-order valence-corrected chi connectivity index (χ0v) is 11.5. The molecular formula is C15H16N2OS. The third-order valence-corrected chi connectivity index (χ3v) is 5.67. The summed E-state index contributed by atoms with van der Waals surface area (Å²) in [5.74, 6) is 0.304. The quantitative estimate of drug-likeness (QED) is 0.776. The van der Waals surface area contributed by atoms with E-state index in [4.69, 9.17) is 5.26 Å². The number of fused-ring (bicyclic) bond motifs is 2. The fourth-order valence-electron chi connectivity index (χ4n) is 3.09. The van der Waals surface area contributed by atoms with E-state index in [0.717, 1.165) is 12.8 Å². The van der Waals surface area contributed by atoms with Gasteiger partial charge in [0.1, 0.15) is 11.8 Å². The van der Waals surface area contributed by atoms with Crippen LogP contribution in [0.15, 0.2) is 18.3 Å². The summed E-state index contributed by atoms with van der Waals surface area (Å²) < 4.78 is 0. The third-order valence-electron chi connectivity index (χ3n) is 4.05. The normalized spacial score (nSPS) is 29.5. The van der Waals surface area contributed by atoms with Crippen molar-refractivity contribution in [3.05, 3.63) is 29.6 Å². The number of nitrogens with zero attached hydrogens (tertiary/aromatic N) is 2. The van der Waals surface area contributed by atoms with Crippen LogP contribution in [-0.2, 0) is 0 Å². The average molecular weight is 272 g/mol. The molecule has 3 nitrogen and oxygen atoms in total. The van der Waals surface area contributed by atoms with Gasteiger partial charge < -0.3 is 0 Å². The number of nitriles is 1. The van der Waals surface area contributed by atoms with E-state index in [-0.39, 0.29) is 11.7 Å². The van der Waals surface area contributed by atoms with Gasteiger partial charge in [0.05, 0.1) is 5.56 Å². The number of ketones is 1. The molecule has 0 radical (unpaired) electrons. The molecule has 19 heavy (non-hydrogen) atoms. The monoisotopic (exact) mass is 272 g/mol. The molecule has 3 rings (SSSR count). The molecule has 0 aromatic carbocycles. The molecule has 1 aromatic rings. The third kappa shape index (κ3) is 2.66. The maximum atomic E-state index is 12.5. The van der Waals surface area contributed by atoms with Gasteiger partial charge in [-0.25, -0.2) is 0 Å². The number of aromatic nitrogens is 1. The van der Waals surface area contributed by atoms with Crippen molar-refractivity contribution in [2.45, 2.75) is 42.6 Å². The molecule has 98 valence electrons. The first-order valence-electron chi connectivity index (χ1n) is 6.82. The van der Waals surface area contributed by atoms with Crippen molar-refractivity contribution in [2.24, 2.45) is 5.92 Å². The van der Waals surface area contributed by atoms with Crippen LogP contribution in [0.1, 0.15) is 48.2 Å². The van der Waals surface area contributed by atoms with Crippen LogP contribution in [0, 0.1) is 17.2 Å². The Morgan fingerprint density at radius 1 is 1.32 bits per heavy atom. The molecule has 0 N–H and O–H groups in total. The van der Waals surface area contributed by atoms with Crippen LogP contribution < -0.4 is 0 Å². The minimum Gasteiger partial charge on any atom is -0.292 e. The fraction of sp³-hybridized carbons (Fsp3) is 0.533. The number of thioether (sulfide) groups is 1. The molecule has 0 saturated carbocycles. The highest BCUT2D eigenvalue weighted by atomic mass is 32.2. The van der Waals surface area contributed by atoms with E-state index >= 15 is 0 Å². The van der Waals surface area contributed by atoms with E-state index in [1.807, 2.05) is 6.07 Å². The summed E-state index contributed by atoms with van der Waals surface area (Å²) in [6, 6.07) is 5.40. The second kappa shape index (κ2) is 5.34. The maximum Gasteiger partial charge on any atom is 0.184 e. The molecule has 2 unspecified atom stereocenters. The number of hydrogen-bond donors (Lipinski definition) is 0. The lowest BCUT2D eigenvalue weighted by atomic mass is 9.85. The molecule has 2 saturated heterocycles. The minimum atomic E-state index is 0.136. The molecular weight excluding hydrogens is 256 g/mol. The van der Waals surface area contributed by atoms with Gasteiger partial charge in [0, 0.05) is 22.6 Å². The Kier molecular flexibility index (Phi) is 3.56. The van der Waals surface area contributed by atoms with Crippen LogP contribution in [-0.4, -0.2) is 21.3 Å². The van der Waals surface area contributed by atoms with Crippen LogP contribution in [0.2, 0.25) is 0 Å². The second-order valence-corrected chi connectivity index (χ2v) is 6.99. The average Bonchev–Trinajstić information content (AvgIpc) is 2.46. The first kappa shape index (κ1) is 12.7. The lowest BCUT2D eigenvalue weighted by molar-refractivity contribution is 0.0891. The second-order valence-electron chi connectivity index (χ2n) is 5.39. The Labute approximate surface area is 117 Å².